The van der Waals surface area contributed by atoms with E-state index in [9.17, 15) is 0 Å². The van der Waals surface area contributed by atoms with Crippen molar-refractivity contribution in [3.05, 3.63) is 65.7 Å². The first-order valence-electron chi connectivity index (χ1n) is 7.15. The maximum Gasteiger partial charge on any atom is 0.138 e. The van der Waals surface area contributed by atoms with Crippen molar-refractivity contribution in [3.63, 3.8) is 0 Å². The number of hydrogen-bond acceptors (Lipinski definition) is 2. The molecule has 2 heteroatoms. The van der Waals surface area contributed by atoms with E-state index in [1.807, 2.05) is 37.3 Å². The van der Waals surface area contributed by atoms with Gasteiger partial charge >= 0.3 is 0 Å². The molecule has 0 amide bonds. The normalized spacial score (nSPS) is 14.1. The third kappa shape index (κ3) is 3.61. The molecule has 0 saturated carbocycles. The summed E-state index contributed by atoms with van der Waals surface area (Å²) in [7, 11) is 0. The Morgan fingerprint density at radius 2 is 1.50 bits per heavy atom. The van der Waals surface area contributed by atoms with Gasteiger partial charge in [0, 0.05) is 6.04 Å². The van der Waals surface area contributed by atoms with E-state index < -0.39 is 0 Å². The average Bonchev–Trinajstić information content (AvgIpc) is 2.45. The first kappa shape index (κ1) is 14.6. The van der Waals surface area contributed by atoms with Crippen molar-refractivity contribution in [1.82, 2.24) is 0 Å². The van der Waals surface area contributed by atoms with Crippen molar-refractivity contribution in [3.8, 4) is 5.75 Å². The summed E-state index contributed by atoms with van der Waals surface area (Å²) in [5.74, 6) is 1.37. The molecular formula is C18H23NO. The minimum Gasteiger partial charge on any atom is -0.484 e. The van der Waals surface area contributed by atoms with Crippen LogP contribution in [0, 0.1) is 0 Å². The summed E-state index contributed by atoms with van der Waals surface area (Å²) < 4.78 is 6.13. The lowest BCUT2D eigenvalue weighted by atomic mass is 10.0. The molecule has 0 radical (unpaired) electrons. The first-order valence-corrected chi connectivity index (χ1v) is 7.15. The quantitative estimate of drug-likeness (QED) is 0.879. The van der Waals surface area contributed by atoms with Crippen molar-refractivity contribution in [1.29, 1.82) is 0 Å². The van der Waals surface area contributed by atoms with E-state index in [2.05, 4.69) is 38.1 Å². The largest absolute Gasteiger partial charge is 0.484 e. The van der Waals surface area contributed by atoms with E-state index in [-0.39, 0.29) is 12.1 Å². The average molecular weight is 269 g/mol. The van der Waals surface area contributed by atoms with E-state index in [0.29, 0.717) is 5.92 Å². The molecule has 0 aromatic heterocycles. The van der Waals surface area contributed by atoms with Gasteiger partial charge in [-0.1, -0.05) is 56.3 Å². The fraction of sp³-hybridized carbons (Fsp3) is 0.333. The zero-order chi connectivity index (χ0) is 14.5. The van der Waals surface area contributed by atoms with Gasteiger partial charge in [-0.05, 0) is 36.1 Å². The molecule has 2 aromatic carbocycles. The Morgan fingerprint density at radius 1 is 0.850 bits per heavy atom. The standard InChI is InChI=1S/C18H23NO/c1-13(2)16-10-7-11-17(12-16)20-18(14(3)19)15-8-5-4-6-9-15/h4-14,18H,19H2,1-3H3. The summed E-state index contributed by atoms with van der Waals surface area (Å²) in [6.45, 7) is 6.34. The molecule has 2 nitrogen and oxygen atoms in total. The van der Waals surface area contributed by atoms with Gasteiger partial charge in [-0.2, -0.15) is 0 Å². The zero-order valence-electron chi connectivity index (χ0n) is 12.4. The van der Waals surface area contributed by atoms with Crippen LogP contribution < -0.4 is 10.5 Å². The topological polar surface area (TPSA) is 35.2 Å². The maximum atomic E-state index is 6.13. The van der Waals surface area contributed by atoms with Crippen LogP contribution in [0.3, 0.4) is 0 Å². The zero-order valence-corrected chi connectivity index (χ0v) is 12.4. The first-order chi connectivity index (χ1) is 9.58. The van der Waals surface area contributed by atoms with Crippen LogP contribution in [0.2, 0.25) is 0 Å². The number of hydrogen-bond donors (Lipinski definition) is 1. The number of ether oxygens (including phenoxy) is 1. The van der Waals surface area contributed by atoms with Crippen LogP contribution in [0.5, 0.6) is 5.75 Å². The third-order valence-corrected chi connectivity index (χ3v) is 3.39. The van der Waals surface area contributed by atoms with Crippen molar-refractivity contribution in [2.24, 2.45) is 5.73 Å². The van der Waals surface area contributed by atoms with Crippen molar-refractivity contribution in [2.75, 3.05) is 0 Å². The van der Waals surface area contributed by atoms with Gasteiger partial charge in [0.15, 0.2) is 0 Å². The van der Waals surface area contributed by atoms with Crippen LogP contribution in [-0.2, 0) is 0 Å². The van der Waals surface area contributed by atoms with Crippen molar-refractivity contribution < 1.29 is 4.74 Å². The van der Waals surface area contributed by atoms with Crippen molar-refractivity contribution in [2.45, 2.75) is 38.8 Å². The molecule has 0 aliphatic rings. The fourth-order valence-electron chi connectivity index (χ4n) is 2.22. The van der Waals surface area contributed by atoms with E-state index >= 15 is 0 Å². The second-order valence-corrected chi connectivity index (χ2v) is 5.54. The van der Waals surface area contributed by atoms with E-state index in [0.717, 1.165) is 11.3 Å². The van der Waals surface area contributed by atoms with Gasteiger partial charge in [0.25, 0.3) is 0 Å². The van der Waals surface area contributed by atoms with E-state index in [1.54, 1.807) is 0 Å². The predicted octanol–water partition coefficient (Wildman–Crippen LogP) is 4.28. The molecule has 106 valence electrons. The SMILES string of the molecule is CC(C)c1cccc(OC(c2ccccc2)C(C)N)c1. The smallest absolute Gasteiger partial charge is 0.138 e. The summed E-state index contributed by atoms with van der Waals surface area (Å²) in [5, 5.41) is 0. The third-order valence-electron chi connectivity index (χ3n) is 3.39. The van der Waals surface area contributed by atoms with Crippen LogP contribution in [0.4, 0.5) is 0 Å². The highest BCUT2D eigenvalue weighted by Gasteiger charge is 2.18. The molecular weight excluding hydrogens is 246 g/mol. The lowest BCUT2D eigenvalue weighted by Gasteiger charge is -2.23. The lowest BCUT2D eigenvalue weighted by molar-refractivity contribution is 0.180. The molecule has 0 aliphatic heterocycles. The molecule has 0 fully saturated rings. The molecule has 2 unspecified atom stereocenters. The van der Waals surface area contributed by atoms with Gasteiger partial charge in [0.1, 0.15) is 11.9 Å². The van der Waals surface area contributed by atoms with Gasteiger partial charge < -0.3 is 10.5 Å². The molecule has 2 atom stereocenters. The summed E-state index contributed by atoms with van der Waals surface area (Å²) in [6, 6.07) is 18.3. The minimum absolute atomic E-state index is 0.0693. The highest BCUT2D eigenvalue weighted by atomic mass is 16.5. The van der Waals surface area contributed by atoms with Gasteiger partial charge in [-0.3, -0.25) is 0 Å². The Balaban J connectivity index is 2.23. The second kappa shape index (κ2) is 6.58. The van der Waals surface area contributed by atoms with Gasteiger partial charge in [0.05, 0.1) is 0 Å². The monoisotopic (exact) mass is 269 g/mol. The highest BCUT2D eigenvalue weighted by molar-refractivity contribution is 5.31. The molecule has 0 heterocycles. The van der Waals surface area contributed by atoms with E-state index in [4.69, 9.17) is 10.5 Å². The summed E-state index contributed by atoms with van der Waals surface area (Å²) in [4.78, 5) is 0. The Labute approximate surface area is 121 Å². The lowest BCUT2D eigenvalue weighted by Crippen LogP contribution is -2.29. The summed E-state index contributed by atoms with van der Waals surface area (Å²) in [6.07, 6.45) is -0.126. The van der Waals surface area contributed by atoms with Gasteiger partial charge in [-0.25, -0.2) is 0 Å². The molecule has 0 saturated heterocycles. The minimum atomic E-state index is -0.126. The molecule has 0 bridgehead atoms. The molecule has 2 aromatic rings. The molecule has 2 rings (SSSR count). The number of benzene rings is 2. The second-order valence-electron chi connectivity index (χ2n) is 5.54. The molecule has 0 spiro atoms. The summed E-state index contributed by atoms with van der Waals surface area (Å²) in [5.41, 5.74) is 8.47. The molecule has 0 aliphatic carbocycles. The Morgan fingerprint density at radius 3 is 2.10 bits per heavy atom. The molecule has 2 N–H and O–H groups in total. The van der Waals surface area contributed by atoms with Crippen LogP contribution >= 0.6 is 0 Å². The maximum absolute atomic E-state index is 6.13. The van der Waals surface area contributed by atoms with E-state index in [1.165, 1.54) is 5.56 Å². The Hall–Kier alpha value is -1.80. The predicted molar refractivity (Wildman–Crippen MR) is 84.0 cm³/mol. The van der Waals surface area contributed by atoms with Crippen LogP contribution in [0.15, 0.2) is 54.6 Å². The van der Waals surface area contributed by atoms with Crippen LogP contribution in [-0.4, -0.2) is 6.04 Å². The van der Waals surface area contributed by atoms with Crippen LogP contribution in [0.25, 0.3) is 0 Å². The van der Waals surface area contributed by atoms with Gasteiger partial charge in [0.2, 0.25) is 0 Å². The van der Waals surface area contributed by atoms with Crippen molar-refractivity contribution >= 4 is 0 Å². The van der Waals surface area contributed by atoms with Crippen LogP contribution in [0.1, 0.15) is 43.9 Å². The number of nitrogens with two attached hydrogens (primary N) is 1. The Kier molecular flexibility index (Phi) is 4.80. The number of rotatable bonds is 5. The molecule has 20 heavy (non-hydrogen) atoms. The van der Waals surface area contributed by atoms with Gasteiger partial charge in [-0.15, -0.1) is 0 Å². The fourth-order valence-corrected chi connectivity index (χ4v) is 2.22. The Bertz CT molecular complexity index is 534. The highest BCUT2D eigenvalue weighted by Crippen LogP contribution is 2.26. The summed E-state index contributed by atoms with van der Waals surface area (Å²) >= 11 is 0.